The molecule has 0 unspecified atom stereocenters. The van der Waals surface area contributed by atoms with Gasteiger partial charge in [-0.1, -0.05) is 24.4 Å². The Hall–Kier alpha value is -1.27. The van der Waals surface area contributed by atoms with E-state index < -0.39 is 0 Å². The summed E-state index contributed by atoms with van der Waals surface area (Å²) in [5.74, 6) is 1.37. The maximum absolute atomic E-state index is 6.42. The Labute approximate surface area is 122 Å². The molecular formula is C14H20N4OS. The summed E-state index contributed by atoms with van der Waals surface area (Å²) >= 11 is 1.63. The van der Waals surface area contributed by atoms with Crippen LogP contribution in [0.3, 0.4) is 0 Å². The minimum atomic E-state index is -0.153. The standard InChI is InChI=1S/C14H20N4OS/c1-10-9-20-13(16-10)7-11-17-12(19-18-11)8-14(15)5-3-2-4-6-14/h9H,2-8,15H2,1H3. The van der Waals surface area contributed by atoms with Crippen molar-refractivity contribution in [3.63, 3.8) is 0 Å². The highest BCUT2D eigenvalue weighted by molar-refractivity contribution is 7.09. The van der Waals surface area contributed by atoms with Gasteiger partial charge in [0.1, 0.15) is 5.01 Å². The number of thiazole rings is 1. The van der Waals surface area contributed by atoms with Crippen molar-refractivity contribution in [2.75, 3.05) is 0 Å². The molecule has 0 atom stereocenters. The first kappa shape index (κ1) is 13.7. The topological polar surface area (TPSA) is 77.8 Å². The van der Waals surface area contributed by atoms with E-state index >= 15 is 0 Å². The zero-order chi connectivity index (χ0) is 14.0. The normalized spacial score (nSPS) is 18.3. The van der Waals surface area contributed by atoms with Crippen LogP contribution in [0, 0.1) is 6.92 Å². The lowest BCUT2D eigenvalue weighted by atomic mass is 9.80. The molecule has 0 saturated heterocycles. The Morgan fingerprint density at radius 1 is 1.30 bits per heavy atom. The number of aromatic nitrogens is 3. The predicted molar refractivity (Wildman–Crippen MR) is 77.7 cm³/mol. The Kier molecular flexibility index (Phi) is 3.85. The molecule has 2 aromatic rings. The summed E-state index contributed by atoms with van der Waals surface area (Å²) in [6.07, 6.45) is 7.13. The zero-order valence-corrected chi connectivity index (χ0v) is 12.6. The molecule has 1 aliphatic rings. The minimum Gasteiger partial charge on any atom is -0.339 e. The zero-order valence-electron chi connectivity index (χ0n) is 11.8. The van der Waals surface area contributed by atoms with Gasteiger partial charge in [-0.3, -0.25) is 0 Å². The third-order valence-electron chi connectivity index (χ3n) is 3.84. The maximum Gasteiger partial charge on any atom is 0.228 e. The number of hydrogen-bond donors (Lipinski definition) is 1. The summed E-state index contributed by atoms with van der Waals surface area (Å²) in [4.78, 5) is 8.88. The molecule has 2 N–H and O–H groups in total. The summed E-state index contributed by atoms with van der Waals surface area (Å²) in [7, 11) is 0. The van der Waals surface area contributed by atoms with E-state index in [0.29, 0.717) is 24.6 Å². The SMILES string of the molecule is Cc1csc(Cc2noc(CC3(N)CCCCC3)n2)n1. The Bertz CT molecular complexity index is 571. The van der Waals surface area contributed by atoms with Crippen molar-refractivity contribution in [3.8, 4) is 0 Å². The summed E-state index contributed by atoms with van der Waals surface area (Å²) in [6.45, 7) is 1.99. The quantitative estimate of drug-likeness (QED) is 0.937. The van der Waals surface area contributed by atoms with E-state index in [1.807, 2.05) is 12.3 Å². The van der Waals surface area contributed by atoms with Crippen LogP contribution in [0.2, 0.25) is 0 Å². The maximum atomic E-state index is 6.42. The van der Waals surface area contributed by atoms with Crippen LogP contribution in [0.4, 0.5) is 0 Å². The van der Waals surface area contributed by atoms with Gasteiger partial charge in [-0.25, -0.2) is 4.98 Å². The van der Waals surface area contributed by atoms with Gasteiger partial charge in [0, 0.05) is 23.0 Å². The van der Waals surface area contributed by atoms with Gasteiger partial charge < -0.3 is 10.3 Å². The van der Waals surface area contributed by atoms with Crippen LogP contribution in [0.5, 0.6) is 0 Å². The molecule has 1 saturated carbocycles. The van der Waals surface area contributed by atoms with Crippen LogP contribution in [-0.4, -0.2) is 20.7 Å². The minimum absolute atomic E-state index is 0.153. The van der Waals surface area contributed by atoms with Crippen LogP contribution >= 0.6 is 11.3 Å². The van der Waals surface area contributed by atoms with Crippen molar-refractivity contribution >= 4 is 11.3 Å². The van der Waals surface area contributed by atoms with E-state index in [-0.39, 0.29) is 5.54 Å². The molecule has 1 aliphatic carbocycles. The Morgan fingerprint density at radius 2 is 2.10 bits per heavy atom. The molecule has 0 bridgehead atoms. The fourth-order valence-corrected chi connectivity index (χ4v) is 3.56. The van der Waals surface area contributed by atoms with E-state index in [4.69, 9.17) is 10.3 Å². The lowest BCUT2D eigenvalue weighted by Gasteiger charge is -2.31. The summed E-state index contributed by atoms with van der Waals surface area (Å²) in [5, 5.41) is 7.10. The van der Waals surface area contributed by atoms with Gasteiger partial charge in [-0.15, -0.1) is 11.3 Å². The first-order valence-electron chi connectivity index (χ1n) is 7.14. The molecular weight excluding hydrogens is 272 g/mol. The smallest absolute Gasteiger partial charge is 0.228 e. The summed E-state index contributed by atoms with van der Waals surface area (Å²) < 4.78 is 5.35. The van der Waals surface area contributed by atoms with Crippen molar-refractivity contribution in [2.45, 2.75) is 57.4 Å². The van der Waals surface area contributed by atoms with Crippen LogP contribution < -0.4 is 5.73 Å². The Morgan fingerprint density at radius 3 is 2.80 bits per heavy atom. The molecule has 0 aromatic carbocycles. The second-order valence-electron chi connectivity index (χ2n) is 5.76. The fraction of sp³-hybridized carbons (Fsp3) is 0.643. The highest BCUT2D eigenvalue weighted by Gasteiger charge is 2.30. The Balaban J connectivity index is 1.64. The molecule has 0 radical (unpaired) electrons. The van der Waals surface area contributed by atoms with Crippen molar-refractivity contribution in [1.82, 2.24) is 15.1 Å². The van der Waals surface area contributed by atoms with Crippen LogP contribution in [0.25, 0.3) is 0 Å². The van der Waals surface area contributed by atoms with Crippen molar-refractivity contribution in [1.29, 1.82) is 0 Å². The molecule has 2 aromatic heterocycles. The number of nitrogens with zero attached hydrogens (tertiary/aromatic N) is 3. The van der Waals surface area contributed by atoms with Gasteiger partial charge in [0.15, 0.2) is 5.82 Å². The van der Waals surface area contributed by atoms with E-state index in [2.05, 4.69) is 15.1 Å². The number of rotatable bonds is 4. The first-order valence-corrected chi connectivity index (χ1v) is 8.02. The van der Waals surface area contributed by atoms with Crippen molar-refractivity contribution in [3.05, 3.63) is 27.8 Å². The molecule has 0 spiro atoms. The lowest BCUT2D eigenvalue weighted by molar-refractivity contribution is 0.260. The van der Waals surface area contributed by atoms with Gasteiger partial charge in [0.25, 0.3) is 0 Å². The fourth-order valence-electron chi connectivity index (χ4n) is 2.79. The number of aryl methyl sites for hydroxylation is 1. The van der Waals surface area contributed by atoms with Crippen LogP contribution in [0.15, 0.2) is 9.90 Å². The molecule has 0 amide bonds. The van der Waals surface area contributed by atoms with Crippen molar-refractivity contribution in [2.24, 2.45) is 5.73 Å². The number of nitrogens with two attached hydrogens (primary N) is 1. The van der Waals surface area contributed by atoms with Gasteiger partial charge in [0.05, 0.1) is 6.42 Å². The second-order valence-corrected chi connectivity index (χ2v) is 6.71. The number of hydrogen-bond acceptors (Lipinski definition) is 6. The van der Waals surface area contributed by atoms with E-state index in [9.17, 15) is 0 Å². The summed E-state index contributed by atoms with van der Waals surface area (Å²) in [6, 6.07) is 0. The predicted octanol–water partition coefficient (Wildman–Crippen LogP) is 2.63. The average molecular weight is 292 g/mol. The molecule has 1 fully saturated rings. The molecule has 20 heavy (non-hydrogen) atoms. The molecule has 3 rings (SSSR count). The molecule has 0 aliphatic heterocycles. The molecule has 6 heteroatoms. The van der Waals surface area contributed by atoms with Gasteiger partial charge in [-0.2, -0.15) is 4.98 Å². The highest BCUT2D eigenvalue weighted by Crippen LogP contribution is 2.28. The summed E-state index contributed by atoms with van der Waals surface area (Å²) in [5.41, 5.74) is 7.30. The highest BCUT2D eigenvalue weighted by atomic mass is 32.1. The van der Waals surface area contributed by atoms with Crippen LogP contribution in [-0.2, 0) is 12.8 Å². The van der Waals surface area contributed by atoms with Crippen LogP contribution in [0.1, 0.15) is 54.5 Å². The van der Waals surface area contributed by atoms with Gasteiger partial charge in [-0.05, 0) is 19.8 Å². The first-order chi connectivity index (χ1) is 9.63. The third-order valence-corrected chi connectivity index (χ3v) is 4.81. The average Bonchev–Trinajstić information content (AvgIpc) is 3.00. The molecule has 108 valence electrons. The second kappa shape index (κ2) is 5.61. The molecule has 2 heterocycles. The lowest BCUT2D eigenvalue weighted by Crippen LogP contribution is -2.43. The van der Waals surface area contributed by atoms with Gasteiger partial charge >= 0.3 is 0 Å². The van der Waals surface area contributed by atoms with Crippen molar-refractivity contribution < 1.29 is 4.52 Å². The van der Waals surface area contributed by atoms with E-state index in [0.717, 1.165) is 23.5 Å². The largest absolute Gasteiger partial charge is 0.339 e. The molecule has 5 nitrogen and oxygen atoms in total. The van der Waals surface area contributed by atoms with E-state index in [1.54, 1.807) is 11.3 Å². The van der Waals surface area contributed by atoms with E-state index in [1.165, 1.54) is 19.3 Å². The monoisotopic (exact) mass is 292 g/mol. The third kappa shape index (κ3) is 3.24. The van der Waals surface area contributed by atoms with Gasteiger partial charge in [0.2, 0.25) is 5.89 Å².